The topological polar surface area (TPSA) is 9.23 Å². The van der Waals surface area contributed by atoms with Crippen molar-refractivity contribution in [2.24, 2.45) is 0 Å². The van der Waals surface area contributed by atoms with E-state index in [0.717, 1.165) is 5.75 Å². The van der Waals surface area contributed by atoms with Gasteiger partial charge in [0, 0.05) is 0 Å². The van der Waals surface area contributed by atoms with Gasteiger partial charge in [0.25, 0.3) is 0 Å². The molecule has 0 aliphatic heterocycles. The van der Waals surface area contributed by atoms with Crippen LogP contribution in [0.3, 0.4) is 0 Å². The van der Waals surface area contributed by atoms with Crippen LogP contribution in [0.4, 0.5) is 0 Å². The smallest absolute Gasteiger partial charge is 0.126 e. The number of para-hydroxylation sites is 1. The predicted molar refractivity (Wildman–Crippen MR) is 99.5 cm³/mol. The molecule has 0 bridgehead atoms. The predicted octanol–water partition coefficient (Wildman–Crippen LogP) is 6.64. The molecule has 1 heteroatoms. The third-order valence-electron chi connectivity index (χ3n) is 4.35. The van der Waals surface area contributed by atoms with Gasteiger partial charge in [-0.05, 0) is 40.0 Å². The van der Waals surface area contributed by atoms with Crippen molar-refractivity contribution in [1.82, 2.24) is 0 Å². The third-order valence-corrected chi connectivity index (χ3v) is 4.35. The molecule has 0 atom stereocenters. The van der Waals surface area contributed by atoms with Gasteiger partial charge in [0.1, 0.15) is 12.4 Å². The molecule has 0 radical (unpaired) electrons. The molecule has 2 aromatic carbocycles. The fraction of sp³-hybridized carbons (Fsp3) is 0.455. The zero-order chi connectivity index (χ0) is 17.0. The van der Waals surface area contributed by atoms with Gasteiger partial charge in [-0.2, -0.15) is 0 Å². The molecule has 0 aromatic heterocycles. The van der Waals surface area contributed by atoms with Crippen LogP contribution in [0.1, 0.15) is 81.5 Å². The molecule has 1 nitrogen and oxygen atoms in total. The highest BCUT2D eigenvalue weighted by atomic mass is 16.5. The maximum atomic E-state index is 6.28. The van der Waals surface area contributed by atoms with E-state index in [2.05, 4.69) is 84.0 Å². The summed E-state index contributed by atoms with van der Waals surface area (Å²) in [6, 6.07) is 15.3. The normalized spacial score (nSPS) is 11.5. The lowest BCUT2D eigenvalue weighted by molar-refractivity contribution is 0.297. The van der Waals surface area contributed by atoms with Crippen molar-refractivity contribution < 1.29 is 4.74 Å². The van der Waals surface area contributed by atoms with Gasteiger partial charge in [0.05, 0.1) is 0 Å². The molecular weight excluding hydrogens is 280 g/mol. The fourth-order valence-corrected chi connectivity index (χ4v) is 2.80. The van der Waals surface area contributed by atoms with Crippen molar-refractivity contribution >= 4 is 0 Å². The molecule has 124 valence electrons. The number of ether oxygens (including phenoxy) is 1. The van der Waals surface area contributed by atoms with E-state index in [9.17, 15) is 0 Å². The Bertz CT molecular complexity index is 595. The first-order chi connectivity index (χ1) is 10.9. The fourth-order valence-electron chi connectivity index (χ4n) is 2.80. The second-order valence-corrected chi connectivity index (χ2v) is 7.26. The lowest BCUT2D eigenvalue weighted by Crippen LogP contribution is -2.04. The zero-order valence-electron chi connectivity index (χ0n) is 15.4. The van der Waals surface area contributed by atoms with E-state index < -0.39 is 0 Å². The van der Waals surface area contributed by atoms with Gasteiger partial charge in [-0.25, -0.2) is 0 Å². The van der Waals surface area contributed by atoms with E-state index >= 15 is 0 Å². The maximum absolute atomic E-state index is 6.28. The summed E-state index contributed by atoms with van der Waals surface area (Å²) in [5.74, 6) is 2.57. The van der Waals surface area contributed by atoms with Crippen LogP contribution in [0, 0.1) is 0 Å². The summed E-state index contributed by atoms with van der Waals surface area (Å²) in [5.41, 5.74) is 5.20. The highest BCUT2D eigenvalue weighted by molar-refractivity contribution is 5.45. The van der Waals surface area contributed by atoms with Crippen LogP contribution in [-0.2, 0) is 6.61 Å². The second-order valence-electron chi connectivity index (χ2n) is 7.26. The number of hydrogen-bond acceptors (Lipinski definition) is 1. The van der Waals surface area contributed by atoms with Crippen LogP contribution in [0.2, 0.25) is 0 Å². The Balaban J connectivity index is 2.22. The molecule has 0 aliphatic carbocycles. The van der Waals surface area contributed by atoms with E-state index in [0.29, 0.717) is 24.4 Å². The standard InChI is InChI=1S/C22H30O/c1-15(2)19-12-10-18(11-13-19)14-23-22-20(16(3)4)8-7-9-21(22)17(5)6/h7-13,15-17H,14H2,1-6H3. The Labute approximate surface area is 141 Å². The molecule has 0 saturated heterocycles. The molecular formula is C22H30O. The van der Waals surface area contributed by atoms with Gasteiger partial charge in [-0.15, -0.1) is 0 Å². The average molecular weight is 310 g/mol. The molecule has 0 fully saturated rings. The zero-order valence-corrected chi connectivity index (χ0v) is 15.4. The lowest BCUT2D eigenvalue weighted by atomic mass is 9.94. The van der Waals surface area contributed by atoms with Crippen molar-refractivity contribution in [2.75, 3.05) is 0 Å². The SMILES string of the molecule is CC(C)c1ccc(COc2c(C(C)C)cccc2C(C)C)cc1. The van der Waals surface area contributed by atoms with Crippen molar-refractivity contribution in [3.8, 4) is 5.75 Å². The van der Waals surface area contributed by atoms with Crippen LogP contribution < -0.4 is 4.74 Å². The minimum Gasteiger partial charge on any atom is -0.488 e. The summed E-state index contributed by atoms with van der Waals surface area (Å²) in [7, 11) is 0. The maximum Gasteiger partial charge on any atom is 0.126 e. The molecule has 0 amide bonds. The Morgan fingerprint density at radius 3 is 1.65 bits per heavy atom. The van der Waals surface area contributed by atoms with E-state index in [4.69, 9.17) is 4.74 Å². The Morgan fingerprint density at radius 2 is 1.22 bits per heavy atom. The Morgan fingerprint density at radius 1 is 0.696 bits per heavy atom. The number of benzene rings is 2. The first kappa shape index (κ1) is 17.6. The molecule has 0 unspecified atom stereocenters. The number of hydrogen-bond donors (Lipinski definition) is 0. The summed E-state index contributed by atoms with van der Waals surface area (Å²) in [4.78, 5) is 0. The molecule has 2 aromatic rings. The molecule has 23 heavy (non-hydrogen) atoms. The highest BCUT2D eigenvalue weighted by Gasteiger charge is 2.15. The van der Waals surface area contributed by atoms with E-state index in [1.807, 2.05) is 0 Å². The van der Waals surface area contributed by atoms with Crippen LogP contribution in [-0.4, -0.2) is 0 Å². The summed E-state index contributed by atoms with van der Waals surface area (Å²) < 4.78 is 6.28. The number of rotatable bonds is 6. The quantitative estimate of drug-likeness (QED) is 0.581. The molecule has 0 aliphatic rings. The van der Waals surface area contributed by atoms with Gasteiger partial charge in [-0.3, -0.25) is 0 Å². The molecule has 0 heterocycles. The first-order valence-electron chi connectivity index (χ1n) is 8.74. The van der Waals surface area contributed by atoms with Gasteiger partial charge >= 0.3 is 0 Å². The molecule has 0 spiro atoms. The molecule has 0 saturated carbocycles. The average Bonchev–Trinajstić information content (AvgIpc) is 2.52. The monoisotopic (exact) mass is 310 g/mol. The van der Waals surface area contributed by atoms with Crippen LogP contribution in [0.25, 0.3) is 0 Å². The first-order valence-corrected chi connectivity index (χ1v) is 8.74. The van der Waals surface area contributed by atoms with Gasteiger partial charge in [-0.1, -0.05) is 84.0 Å². The summed E-state index contributed by atoms with van der Waals surface area (Å²) in [6.07, 6.45) is 0. The van der Waals surface area contributed by atoms with E-state index in [1.165, 1.54) is 22.3 Å². The lowest BCUT2D eigenvalue weighted by Gasteiger charge is -2.20. The van der Waals surface area contributed by atoms with Gasteiger partial charge < -0.3 is 4.74 Å². The van der Waals surface area contributed by atoms with Crippen molar-refractivity contribution in [3.63, 3.8) is 0 Å². The van der Waals surface area contributed by atoms with Crippen molar-refractivity contribution in [3.05, 3.63) is 64.7 Å². The third kappa shape index (κ3) is 4.37. The molecule has 0 N–H and O–H groups in total. The highest BCUT2D eigenvalue weighted by Crippen LogP contribution is 2.35. The van der Waals surface area contributed by atoms with E-state index in [-0.39, 0.29) is 0 Å². The minimum absolute atomic E-state index is 0.465. The Kier molecular flexibility index (Phi) is 5.87. The summed E-state index contributed by atoms with van der Waals surface area (Å²) in [6.45, 7) is 14.0. The van der Waals surface area contributed by atoms with Crippen molar-refractivity contribution in [2.45, 2.75) is 65.9 Å². The summed E-state index contributed by atoms with van der Waals surface area (Å²) in [5, 5.41) is 0. The van der Waals surface area contributed by atoms with Crippen LogP contribution >= 0.6 is 0 Å². The Hall–Kier alpha value is -1.76. The molecule has 2 rings (SSSR count). The minimum atomic E-state index is 0.465. The van der Waals surface area contributed by atoms with Crippen LogP contribution in [0.15, 0.2) is 42.5 Å². The van der Waals surface area contributed by atoms with Crippen LogP contribution in [0.5, 0.6) is 5.75 Å². The van der Waals surface area contributed by atoms with E-state index in [1.54, 1.807) is 0 Å². The van der Waals surface area contributed by atoms with Gasteiger partial charge in [0.2, 0.25) is 0 Å². The second kappa shape index (κ2) is 7.68. The summed E-state index contributed by atoms with van der Waals surface area (Å²) >= 11 is 0. The van der Waals surface area contributed by atoms with Crippen molar-refractivity contribution in [1.29, 1.82) is 0 Å². The largest absolute Gasteiger partial charge is 0.488 e. The van der Waals surface area contributed by atoms with Gasteiger partial charge in [0.15, 0.2) is 0 Å².